The van der Waals surface area contributed by atoms with Gasteiger partial charge in [-0.15, -0.1) is 0 Å². The van der Waals surface area contributed by atoms with Gasteiger partial charge < -0.3 is 9.84 Å². The topological polar surface area (TPSA) is 51.0 Å². The Morgan fingerprint density at radius 3 is 2.89 bits per heavy atom. The zero-order valence-electron chi connectivity index (χ0n) is 11.0. The van der Waals surface area contributed by atoms with Crippen molar-refractivity contribution in [2.45, 2.75) is 25.7 Å². The van der Waals surface area contributed by atoms with E-state index in [-0.39, 0.29) is 0 Å². The molecule has 4 nitrogen and oxygen atoms in total. The predicted molar refractivity (Wildman–Crippen MR) is 71.7 cm³/mol. The first-order valence-corrected chi connectivity index (χ1v) is 6.88. The quantitative estimate of drug-likeness (QED) is 0.895. The van der Waals surface area contributed by atoms with E-state index in [0.29, 0.717) is 17.2 Å². The fourth-order valence-corrected chi connectivity index (χ4v) is 3.13. The maximum atomic E-state index is 5.47. The lowest BCUT2D eigenvalue weighted by atomic mass is 10.0. The lowest BCUT2D eigenvalue weighted by Gasteiger charge is -2.02. The van der Waals surface area contributed by atoms with Crippen LogP contribution in [-0.2, 0) is 0 Å². The first-order valence-electron chi connectivity index (χ1n) is 6.88. The van der Waals surface area contributed by atoms with E-state index in [1.807, 2.05) is 12.1 Å². The van der Waals surface area contributed by atoms with Crippen molar-refractivity contribution < 1.29 is 4.52 Å². The molecule has 98 valence electrons. The molecule has 1 aliphatic heterocycles. The van der Waals surface area contributed by atoms with Gasteiger partial charge in [0.15, 0.2) is 0 Å². The van der Waals surface area contributed by atoms with Crippen molar-refractivity contribution >= 4 is 0 Å². The van der Waals surface area contributed by atoms with Gasteiger partial charge in [-0.2, -0.15) is 4.98 Å². The molecule has 2 aromatic rings. The summed E-state index contributed by atoms with van der Waals surface area (Å²) < 4.78 is 5.47. The molecule has 4 rings (SSSR count). The standard InChI is InChI=1S/C15H17N3O/c1-10-2-4-11(5-3-10)13-17-14(19-18-13)12-8-15(12)6-7-16-9-15/h2-5,12,16H,6-9H2,1H3. The van der Waals surface area contributed by atoms with Gasteiger partial charge in [0, 0.05) is 18.0 Å². The molecule has 0 amide bonds. The Morgan fingerprint density at radius 2 is 2.16 bits per heavy atom. The Labute approximate surface area is 112 Å². The van der Waals surface area contributed by atoms with E-state index in [0.717, 1.165) is 24.5 Å². The Bertz CT molecular complexity index is 596. The van der Waals surface area contributed by atoms with Crippen molar-refractivity contribution in [3.63, 3.8) is 0 Å². The second kappa shape index (κ2) is 3.90. The smallest absolute Gasteiger partial charge is 0.230 e. The van der Waals surface area contributed by atoms with Gasteiger partial charge in [0.25, 0.3) is 0 Å². The van der Waals surface area contributed by atoms with Crippen molar-refractivity contribution in [2.75, 3.05) is 13.1 Å². The maximum Gasteiger partial charge on any atom is 0.230 e. The number of aryl methyl sites for hydroxylation is 1. The third-order valence-electron chi connectivity index (χ3n) is 4.52. The van der Waals surface area contributed by atoms with Crippen LogP contribution in [0.5, 0.6) is 0 Å². The van der Waals surface area contributed by atoms with Crippen LogP contribution in [0.1, 0.15) is 30.2 Å². The maximum absolute atomic E-state index is 5.47. The molecule has 1 saturated heterocycles. The summed E-state index contributed by atoms with van der Waals surface area (Å²) in [6, 6.07) is 8.24. The highest BCUT2D eigenvalue weighted by Gasteiger charge is 2.58. The van der Waals surface area contributed by atoms with E-state index in [2.05, 4.69) is 34.5 Å². The van der Waals surface area contributed by atoms with Crippen molar-refractivity contribution in [3.8, 4) is 11.4 Å². The Hall–Kier alpha value is -1.68. The molecule has 2 aliphatic rings. The van der Waals surface area contributed by atoms with E-state index in [1.165, 1.54) is 18.4 Å². The molecule has 0 bridgehead atoms. The summed E-state index contributed by atoms with van der Waals surface area (Å²) in [5.74, 6) is 2.00. The van der Waals surface area contributed by atoms with Crippen molar-refractivity contribution in [1.82, 2.24) is 15.5 Å². The van der Waals surface area contributed by atoms with Crippen LogP contribution in [0.25, 0.3) is 11.4 Å². The van der Waals surface area contributed by atoms with Gasteiger partial charge in [0.2, 0.25) is 11.7 Å². The number of nitrogens with zero attached hydrogens (tertiary/aromatic N) is 2. The lowest BCUT2D eigenvalue weighted by Crippen LogP contribution is -2.10. The number of aromatic nitrogens is 2. The minimum Gasteiger partial charge on any atom is -0.339 e. The zero-order chi connectivity index (χ0) is 12.9. The third-order valence-corrected chi connectivity index (χ3v) is 4.52. The number of nitrogens with one attached hydrogen (secondary N) is 1. The van der Waals surface area contributed by atoms with E-state index in [9.17, 15) is 0 Å². The lowest BCUT2D eigenvalue weighted by molar-refractivity contribution is 0.364. The summed E-state index contributed by atoms with van der Waals surface area (Å²) >= 11 is 0. The largest absolute Gasteiger partial charge is 0.339 e. The van der Waals surface area contributed by atoms with E-state index in [4.69, 9.17) is 4.52 Å². The van der Waals surface area contributed by atoms with Crippen LogP contribution in [0.4, 0.5) is 0 Å². The summed E-state index contributed by atoms with van der Waals surface area (Å²) in [4.78, 5) is 4.59. The number of benzene rings is 1. The molecule has 2 atom stereocenters. The average molecular weight is 255 g/mol. The van der Waals surface area contributed by atoms with Crippen LogP contribution < -0.4 is 5.32 Å². The van der Waals surface area contributed by atoms with Crippen LogP contribution in [0.15, 0.2) is 28.8 Å². The van der Waals surface area contributed by atoms with E-state index >= 15 is 0 Å². The molecule has 1 aromatic carbocycles. The predicted octanol–water partition coefficient (Wildman–Crippen LogP) is 2.51. The van der Waals surface area contributed by atoms with Gasteiger partial charge in [0.1, 0.15) is 0 Å². The molecule has 1 aliphatic carbocycles. The van der Waals surface area contributed by atoms with Gasteiger partial charge in [-0.05, 0) is 31.7 Å². The molecule has 2 fully saturated rings. The van der Waals surface area contributed by atoms with Gasteiger partial charge >= 0.3 is 0 Å². The van der Waals surface area contributed by atoms with Gasteiger partial charge in [-0.25, -0.2) is 0 Å². The minimum absolute atomic E-state index is 0.414. The fraction of sp³-hybridized carbons (Fsp3) is 0.467. The molecule has 1 N–H and O–H groups in total. The summed E-state index contributed by atoms with van der Waals surface area (Å²) in [5.41, 5.74) is 2.68. The zero-order valence-corrected chi connectivity index (χ0v) is 11.0. The van der Waals surface area contributed by atoms with Gasteiger partial charge in [-0.1, -0.05) is 35.0 Å². The van der Waals surface area contributed by atoms with Crippen LogP contribution >= 0.6 is 0 Å². The van der Waals surface area contributed by atoms with Crippen LogP contribution in [0.2, 0.25) is 0 Å². The summed E-state index contributed by atoms with van der Waals surface area (Å²) in [6.07, 6.45) is 2.43. The summed E-state index contributed by atoms with van der Waals surface area (Å²) in [5, 5.41) is 7.56. The molecule has 0 radical (unpaired) electrons. The Morgan fingerprint density at radius 1 is 1.32 bits per heavy atom. The number of hydrogen-bond donors (Lipinski definition) is 1. The highest BCUT2D eigenvalue weighted by atomic mass is 16.5. The SMILES string of the molecule is Cc1ccc(-c2noc(C3CC34CCNC4)n2)cc1. The van der Waals surface area contributed by atoms with Crippen LogP contribution in [0.3, 0.4) is 0 Å². The van der Waals surface area contributed by atoms with Crippen LogP contribution in [0, 0.1) is 12.3 Å². The molecule has 1 aromatic heterocycles. The van der Waals surface area contributed by atoms with Gasteiger partial charge in [-0.3, -0.25) is 0 Å². The second-order valence-corrected chi connectivity index (χ2v) is 5.87. The molecule has 2 unspecified atom stereocenters. The molecule has 2 heterocycles. The summed E-state index contributed by atoms with van der Waals surface area (Å²) in [6.45, 7) is 4.29. The molecular weight excluding hydrogens is 238 g/mol. The van der Waals surface area contributed by atoms with Crippen molar-refractivity contribution in [1.29, 1.82) is 0 Å². The third kappa shape index (κ3) is 1.78. The number of rotatable bonds is 2. The van der Waals surface area contributed by atoms with Crippen molar-refractivity contribution in [2.24, 2.45) is 5.41 Å². The van der Waals surface area contributed by atoms with Crippen LogP contribution in [-0.4, -0.2) is 23.2 Å². The highest BCUT2D eigenvalue weighted by Crippen LogP contribution is 2.62. The minimum atomic E-state index is 0.414. The van der Waals surface area contributed by atoms with E-state index < -0.39 is 0 Å². The first-order chi connectivity index (χ1) is 9.27. The molecule has 1 spiro atoms. The second-order valence-electron chi connectivity index (χ2n) is 5.87. The monoisotopic (exact) mass is 255 g/mol. The normalized spacial score (nSPS) is 29.0. The van der Waals surface area contributed by atoms with Gasteiger partial charge in [0.05, 0.1) is 0 Å². The van der Waals surface area contributed by atoms with Crippen molar-refractivity contribution in [3.05, 3.63) is 35.7 Å². The molecule has 4 heteroatoms. The average Bonchev–Trinajstić information content (AvgIpc) is 2.82. The first kappa shape index (κ1) is 11.2. The number of hydrogen-bond acceptors (Lipinski definition) is 4. The fourth-order valence-electron chi connectivity index (χ4n) is 3.13. The summed E-state index contributed by atoms with van der Waals surface area (Å²) in [7, 11) is 0. The molecule has 1 saturated carbocycles. The highest BCUT2D eigenvalue weighted by molar-refractivity contribution is 5.54. The Kier molecular flexibility index (Phi) is 2.30. The molecular formula is C15H17N3O. The molecule has 19 heavy (non-hydrogen) atoms. The Balaban J connectivity index is 1.59. The van der Waals surface area contributed by atoms with E-state index in [1.54, 1.807) is 0 Å².